The average molecular weight is 387 g/mol. The van der Waals surface area contributed by atoms with E-state index < -0.39 is 0 Å². The molecule has 2 rings (SSSR count). The van der Waals surface area contributed by atoms with Crippen LogP contribution in [0.4, 0.5) is 0 Å². The van der Waals surface area contributed by atoms with Crippen LogP contribution in [0, 0.1) is 0 Å². The van der Waals surface area contributed by atoms with Gasteiger partial charge in [0, 0.05) is 11.6 Å². The Hall–Kier alpha value is -3.35. The van der Waals surface area contributed by atoms with E-state index in [0.717, 1.165) is 5.75 Å². The molecule has 150 valence electrons. The van der Waals surface area contributed by atoms with Crippen molar-refractivity contribution in [1.82, 2.24) is 5.32 Å². The fourth-order valence-electron chi connectivity index (χ4n) is 2.50. The van der Waals surface area contributed by atoms with E-state index in [1.165, 1.54) is 20.3 Å². The first-order valence-electron chi connectivity index (χ1n) is 8.64. The molecule has 2 aromatic rings. The number of ether oxygens (including phenoxy) is 5. The van der Waals surface area contributed by atoms with E-state index in [2.05, 4.69) is 5.32 Å². The lowest BCUT2D eigenvalue weighted by molar-refractivity contribution is -0.116. The Labute approximate surface area is 164 Å². The van der Waals surface area contributed by atoms with Crippen molar-refractivity contribution in [2.75, 3.05) is 41.6 Å². The Morgan fingerprint density at radius 1 is 0.857 bits per heavy atom. The van der Waals surface area contributed by atoms with Gasteiger partial charge in [-0.3, -0.25) is 4.79 Å². The molecule has 1 N–H and O–H groups in total. The van der Waals surface area contributed by atoms with Gasteiger partial charge in [-0.25, -0.2) is 0 Å². The van der Waals surface area contributed by atoms with Crippen LogP contribution in [-0.4, -0.2) is 47.5 Å². The van der Waals surface area contributed by atoms with Crippen molar-refractivity contribution in [1.29, 1.82) is 0 Å². The Bertz CT molecular complexity index is 801. The Morgan fingerprint density at radius 2 is 1.54 bits per heavy atom. The van der Waals surface area contributed by atoms with Crippen molar-refractivity contribution in [3.63, 3.8) is 0 Å². The SMILES string of the molecule is COc1ccc(OCCNC(=O)/C=C/c2ccc(OC)c(OC)c2OC)cc1. The first-order chi connectivity index (χ1) is 13.6. The summed E-state index contributed by atoms with van der Waals surface area (Å²) < 4.78 is 26.6. The highest BCUT2D eigenvalue weighted by molar-refractivity contribution is 5.92. The van der Waals surface area contributed by atoms with Crippen molar-refractivity contribution in [3.8, 4) is 28.7 Å². The van der Waals surface area contributed by atoms with E-state index in [0.29, 0.717) is 41.7 Å². The van der Waals surface area contributed by atoms with E-state index in [9.17, 15) is 4.79 Å². The standard InChI is InChI=1S/C21H25NO6/c1-24-16-7-9-17(10-8-16)28-14-13-22-19(23)12-6-15-5-11-18(25-2)21(27-4)20(15)26-3/h5-12H,13-14H2,1-4H3,(H,22,23)/b12-6+. The van der Waals surface area contributed by atoms with Crippen molar-refractivity contribution in [2.45, 2.75) is 0 Å². The molecule has 0 aliphatic carbocycles. The summed E-state index contributed by atoms with van der Waals surface area (Å²) in [6.45, 7) is 0.726. The zero-order valence-electron chi connectivity index (χ0n) is 16.5. The molecule has 0 saturated heterocycles. The minimum atomic E-state index is -0.241. The molecule has 0 fully saturated rings. The normalized spacial score (nSPS) is 10.4. The van der Waals surface area contributed by atoms with E-state index in [1.54, 1.807) is 32.4 Å². The molecule has 0 aliphatic heterocycles. The van der Waals surface area contributed by atoms with Crippen LogP contribution in [0.3, 0.4) is 0 Å². The number of carbonyl (C=O) groups excluding carboxylic acids is 1. The molecule has 0 saturated carbocycles. The van der Waals surface area contributed by atoms with Gasteiger partial charge in [-0.15, -0.1) is 0 Å². The predicted molar refractivity (Wildman–Crippen MR) is 107 cm³/mol. The molecule has 0 unspecified atom stereocenters. The smallest absolute Gasteiger partial charge is 0.244 e. The highest BCUT2D eigenvalue weighted by Crippen LogP contribution is 2.40. The first-order valence-corrected chi connectivity index (χ1v) is 8.64. The second-order valence-corrected chi connectivity index (χ2v) is 5.57. The molecule has 2 aromatic carbocycles. The number of carbonyl (C=O) groups is 1. The molecule has 0 atom stereocenters. The van der Waals surface area contributed by atoms with Gasteiger partial charge >= 0.3 is 0 Å². The second-order valence-electron chi connectivity index (χ2n) is 5.57. The van der Waals surface area contributed by atoms with Crippen LogP contribution in [0.15, 0.2) is 42.5 Å². The number of hydrogen-bond acceptors (Lipinski definition) is 6. The highest BCUT2D eigenvalue weighted by Gasteiger charge is 2.14. The summed E-state index contributed by atoms with van der Waals surface area (Å²) in [7, 11) is 6.22. The summed E-state index contributed by atoms with van der Waals surface area (Å²) in [6, 6.07) is 10.8. The van der Waals surface area contributed by atoms with Gasteiger partial charge in [0.1, 0.15) is 18.1 Å². The zero-order valence-corrected chi connectivity index (χ0v) is 16.5. The molecule has 0 bridgehead atoms. The van der Waals surface area contributed by atoms with Gasteiger partial charge in [-0.2, -0.15) is 0 Å². The molecule has 0 radical (unpaired) electrons. The number of benzene rings is 2. The van der Waals surface area contributed by atoms with E-state index in [1.807, 2.05) is 24.3 Å². The fourth-order valence-corrected chi connectivity index (χ4v) is 2.50. The summed E-state index contributed by atoms with van der Waals surface area (Å²) in [4.78, 5) is 12.0. The maximum Gasteiger partial charge on any atom is 0.244 e. The van der Waals surface area contributed by atoms with Crippen LogP contribution in [-0.2, 0) is 4.79 Å². The third-order valence-electron chi connectivity index (χ3n) is 3.88. The van der Waals surface area contributed by atoms with Gasteiger partial charge in [0.25, 0.3) is 0 Å². The molecule has 0 aromatic heterocycles. The van der Waals surface area contributed by atoms with Crippen LogP contribution in [0.5, 0.6) is 28.7 Å². The molecule has 28 heavy (non-hydrogen) atoms. The van der Waals surface area contributed by atoms with Gasteiger partial charge in [-0.05, 0) is 42.5 Å². The summed E-state index contributed by atoms with van der Waals surface area (Å²) in [6.07, 6.45) is 3.08. The topological polar surface area (TPSA) is 75.3 Å². The molecular formula is C21H25NO6. The van der Waals surface area contributed by atoms with E-state index >= 15 is 0 Å². The summed E-state index contributed by atoms with van der Waals surface area (Å²) >= 11 is 0. The van der Waals surface area contributed by atoms with Crippen LogP contribution in [0.25, 0.3) is 6.08 Å². The Kier molecular flexibility index (Phi) is 8.02. The largest absolute Gasteiger partial charge is 0.497 e. The Morgan fingerprint density at radius 3 is 2.14 bits per heavy atom. The molecule has 7 heteroatoms. The molecule has 0 heterocycles. The molecule has 7 nitrogen and oxygen atoms in total. The molecule has 0 spiro atoms. The molecule has 1 amide bonds. The lowest BCUT2D eigenvalue weighted by Gasteiger charge is -2.14. The summed E-state index contributed by atoms with van der Waals surface area (Å²) in [5, 5.41) is 2.76. The van der Waals surface area contributed by atoms with Gasteiger partial charge in [0.2, 0.25) is 11.7 Å². The van der Waals surface area contributed by atoms with Crippen molar-refractivity contribution < 1.29 is 28.5 Å². The van der Waals surface area contributed by atoms with Crippen molar-refractivity contribution in [2.24, 2.45) is 0 Å². The third-order valence-corrected chi connectivity index (χ3v) is 3.88. The van der Waals surface area contributed by atoms with Crippen LogP contribution < -0.4 is 29.0 Å². The van der Waals surface area contributed by atoms with Gasteiger partial charge in [0.15, 0.2) is 11.5 Å². The summed E-state index contributed by atoms with van der Waals surface area (Å²) in [5.74, 6) is 2.75. The second kappa shape index (κ2) is 10.7. The fraction of sp³-hybridized carbons (Fsp3) is 0.286. The highest BCUT2D eigenvalue weighted by atomic mass is 16.5. The van der Waals surface area contributed by atoms with Crippen LogP contribution in [0.1, 0.15) is 5.56 Å². The minimum absolute atomic E-state index is 0.241. The van der Waals surface area contributed by atoms with Crippen LogP contribution >= 0.6 is 0 Å². The van der Waals surface area contributed by atoms with Gasteiger partial charge in [-0.1, -0.05) is 0 Å². The summed E-state index contributed by atoms with van der Waals surface area (Å²) in [5.41, 5.74) is 0.699. The van der Waals surface area contributed by atoms with Gasteiger partial charge in [0.05, 0.1) is 35.0 Å². The van der Waals surface area contributed by atoms with Crippen LogP contribution in [0.2, 0.25) is 0 Å². The first kappa shape index (κ1) is 21.0. The lowest BCUT2D eigenvalue weighted by Crippen LogP contribution is -2.26. The Balaban J connectivity index is 1.87. The number of methoxy groups -OCH3 is 4. The zero-order chi connectivity index (χ0) is 20.4. The van der Waals surface area contributed by atoms with E-state index in [-0.39, 0.29) is 5.91 Å². The third kappa shape index (κ3) is 5.57. The number of amides is 1. The minimum Gasteiger partial charge on any atom is -0.497 e. The quantitative estimate of drug-likeness (QED) is 0.499. The monoisotopic (exact) mass is 387 g/mol. The van der Waals surface area contributed by atoms with Gasteiger partial charge < -0.3 is 29.0 Å². The molecular weight excluding hydrogens is 362 g/mol. The average Bonchev–Trinajstić information content (AvgIpc) is 2.74. The van der Waals surface area contributed by atoms with E-state index in [4.69, 9.17) is 23.7 Å². The molecule has 0 aliphatic rings. The number of nitrogens with one attached hydrogen (secondary N) is 1. The number of rotatable bonds is 10. The number of hydrogen-bond donors (Lipinski definition) is 1. The lowest BCUT2D eigenvalue weighted by atomic mass is 10.1. The van der Waals surface area contributed by atoms with Crippen molar-refractivity contribution in [3.05, 3.63) is 48.0 Å². The predicted octanol–water partition coefficient (Wildman–Crippen LogP) is 2.93. The maximum absolute atomic E-state index is 12.0. The van der Waals surface area contributed by atoms with Crippen molar-refractivity contribution >= 4 is 12.0 Å². The maximum atomic E-state index is 12.0.